The maximum absolute atomic E-state index is 11.5. The second kappa shape index (κ2) is 5.23. The highest BCUT2D eigenvalue weighted by Crippen LogP contribution is 2.29. The van der Waals surface area contributed by atoms with Crippen molar-refractivity contribution in [3.63, 3.8) is 0 Å². The molecule has 0 fully saturated rings. The SMILES string of the molecule is CS(=O)(=O)c1cccc(Oc2ccc(C#N)cc2N)c1. The Morgan fingerprint density at radius 1 is 1.20 bits per heavy atom. The molecule has 6 heteroatoms. The number of nitrogen functional groups attached to an aromatic ring is 1. The molecule has 20 heavy (non-hydrogen) atoms. The second-order valence-corrected chi connectivity index (χ2v) is 6.23. The van der Waals surface area contributed by atoms with Gasteiger partial charge in [0.1, 0.15) is 11.5 Å². The van der Waals surface area contributed by atoms with Crippen LogP contribution in [0, 0.1) is 11.3 Å². The molecule has 0 bridgehead atoms. The third kappa shape index (κ3) is 3.08. The Labute approximate surface area is 117 Å². The Morgan fingerprint density at radius 2 is 1.95 bits per heavy atom. The first kappa shape index (κ1) is 13.9. The molecule has 0 unspecified atom stereocenters. The van der Waals surface area contributed by atoms with E-state index in [1.54, 1.807) is 24.3 Å². The standard InChI is InChI=1S/C14H12N2O3S/c1-20(17,18)12-4-2-3-11(8-12)19-14-6-5-10(9-15)7-13(14)16/h2-8H,16H2,1H3. The van der Waals surface area contributed by atoms with Crippen LogP contribution in [-0.4, -0.2) is 14.7 Å². The Balaban J connectivity index is 2.34. The average molecular weight is 288 g/mol. The van der Waals surface area contributed by atoms with Crippen molar-refractivity contribution in [1.82, 2.24) is 0 Å². The second-order valence-electron chi connectivity index (χ2n) is 4.21. The van der Waals surface area contributed by atoms with Crippen molar-refractivity contribution in [2.24, 2.45) is 0 Å². The molecule has 0 saturated heterocycles. The molecule has 0 aliphatic carbocycles. The molecule has 5 nitrogen and oxygen atoms in total. The van der Waals surface area contributed by atoms with Crippen LogP contribution in [0.5, 0.6) is 11.5 Å². The highest BCUT2D eigenvalue weighted by atomic mass is 32.2. The lowest BCUT2D eigenvalue weighted by atomic mass is 10.2. The number of benzene rings is 2. The van der Waals surface area contributed by atoms with Crippen molar-refractivity contribution >= 4 is 15.5 Å². The molecule has 2 aromatic carbocycles. The molecule has 2 aromatic rings. The van der Waals surface area contributed by atoms with Crippen molar-refractivity contribution in [3.05, 3.63) is 48.0 Å². The highest BCUT2D eigenvalue weighted by Gasteiger charge is 2.09. The predicted octanol–water partition coefficient (Wildman–Crippen LogP) is 2.34. The van der Waals surface area contributed by atoms with Crippen molar-refractivity contribution in [1.29, 1.82) is 5.26 Å². The lowest BCUT2D eigenvalue weighted by molar-refractivity contribution is 0.483. The molecule has 0 aliphatic heterocycles. The van der Waals surface area contributed by atoms with Gasteiger partial charge in [0.25, 0.3) is 0 Å². The molecule has 0 radical (unpaired) electrons. The summed E-state index contributed by atoms with van der Waals surface area (Å²) in [4.78, 5) is 0.169. The fraction of sp³-hybridized carbons (Fsp3) is 0.0714. The van der Waals surface area contributed by atoms with E-state index in [1.807, 2.05) is 6.07 Å². The van der Waals surface area contributed by atoms with Crippen LogP contribution in [0.4, 0.5) is 5.69 Å². The molecule has 102 valence electrons. The molecule has 0 aliphatic rings. The van der Waals surface area contributed by atoms with Gasteiger partial charge in [-0.2, -0.15) is 5.26 Å². The highest BCUT2D eigenvalue weighted by molar-refractivity contribution is 7.90. The molecule has 0 spiro atoms. The topological polar surface area (TPSA) is 93.2 Å². The summed E-state index contributed by atoms with van der Waals surface area (Å²) in [6.07, 6.45) is 1.13. The molecular formula is C14H12N2O3S. The van der Waals surface area contributed by atoms with Crippen LogP contribution in [0.3, 0.4) is 0 Å². The number of nitrogens with zero attached hydrogens (tertiary/aromatic N) is 1. The molecular weight excluding hydrogens is 276 g/mol. The normalized spacial score (nSPS) is 10.8. The fourth-order valence-electron chi connectivity index (χ4n) is 1.61. The quantitative estimate of drug-likeness (QED) is 0.875. The summed E-state index contributed by atoms with van der Waals surface area (Å²) < 4.78 is 28.5. The first-order valence-electron chi connectivity index (χ1n) is 5.68. The van der Waals surface area contributed by atoms with E-state index >= 15 is 0 Å². The van der Waals surface area contributed by atoms with Crippen LogP contribution in [0.15, 0.2) is 47.4 Å². The van der Waals surface area contributed by atoms with Crippen molar-refractivity contribution in [2.75, 3.05) is 12.0 Å². The largest absolute Gasteiger partial charge is 0.455 e. The number of hydrogen-bond acceptors (Lipinski definition) is 5. The van der Waals surface area contributed by atoms with Crippen LogP contribution in [0.25, 0.3) is 0 Å². The maximum atomic E-state index is 11.5. The summed E-state index contributed by atoms with van der Waals surface area (Å²) in [6, 6.07) is 12.7. The minimum absolute atomic E-state index is 0.169. The number of hydrogen-bond donors (Lipinski definition) is 1. The number of sulfone groups is 1. The average Bonchev–Trinajstić information content (AvgIpc) is 2.40. The van der Waals surface area contributed by atoms with Crippen LogP contribution in [0.1, 0.15) is 5.56 Å². The lowest BCUT2D eigenvalue weighted by Crippen LogP contribution is -1.98. The van der Waals surface area contributed by atoms with Gasteiger partial charge in [-0.15, -0.1) is 0 Å². The van der Waals surface area contributed by atoms with Crippen molar-refractivity contribution in [2.45, 2.75) is 4.90 Å². The summed E-state index contributed by atoms with van der Waals surface area (Å²) in [5.41, 5.74) is 6.52. The molecule has 0 heterocycles. The predicted molar refractivity (Wildman–Crippen MR) is 75.2 cm³/mol. The molecule has 0 saturated carbocycles. The summed E-state index contributed by atoms with van der Waals surface area (Å²) in [5.74, 6) is 0.735. The van der Waals surface area contributed by atoms with E-state index in [9.17, 15) is 8.42 Å². The zero-order chi connectivity index (χ0) is 14.8. The minimum atomic E-state index is -3.29. The first-order valence-corrected chi connectivity index (χ1v) is 7.57. The minimum Gasteiger partial charge on any atom is -0.455 e. The third-order valence-corrected chi connectivity index (χ3v) is 3.71. The van der Waals surface area contributed by atoms with Gasteiger partial charge in [-0.25, -0.2) is 8.42 Å². The molecule has 0 amide bonds. The van der Waals surface area contributed by atoms with E-state index in [0.29, 0.717) is 22.7 Å². The summed E-state index contributed by atoms with van der Waals surface area (Å²) in [6.45, 7) is 0. The number of nitrogens with two attached hydrogens (primary N) is 1. The molecule has 2 N–H and O–H groups in total. The maximum Gasteiger partial charge on any atom is 0.175 e. The smallest absolute Gasteiger partial charge is 0.175 e. The van der Waals surface area contributed by atoms with E-state index in [-0.39, 0.29) is 4.90 Å². The van der Waals surface area contributed by atoms with Gasteiger partial charge >= 0.3 is 0 Å². The van der Waals surface area contributed by atoms with Crippen molar-refractivity contribution in [3.8, 4) is 17.6 Å². The number of nitriles is 1. The zero-order valence-electron chi connectivity index (χ0n) is 10.7. The number of anilines is 1. The van der Waals surface area contributed by atoms with Crippen LogP contribution in [-0.2, 0) is 9.84 Å². The zero-order valence-corrected chi connectivity index (χ0v) is 11.5. The first-order chi connectivity index (χ1) is 9.40. The number of rotatable bonds is 3. The van der Waals surface area contributed by atoms with Gasteiger partial charge in [-0.05, 0) is 36.4 Å². The molecule has 2 rings (SSSR count). The van der Waals surface area contributed by atoms with Gasteiger partial charge < -0.3 is 10.5 Å². The van der Waals surface area contributed by atoms with E-state index in [1.165, 1.54) is 18.2 Å². The van der Waals surface area contributed by atoms with Gasteiger partial charge in [-0.3, -0.25) is 0 Å². The third-order valence-electron chi connectivity index (χ3n) is 2.60. The van der Waals surface area contributed by atoms with Crippen molar-refractivity contribution < 1.29 is 13.2 Å². The van der Waals surface area contributed by atoms with E-state index in [2.05, 4.69) is 0 Å². The summed E-state index contributed by atoms with van der Waals surface area (Å²) >= 11 is 0. The van der Waals surface area contributed by atoms with Gasteiger partial charge in [0.15, 0.2) is 9.84 Å². The summed E-state index contributed by atoms with van der Waals surface area (Å²) in [7, 11) is -3.29. The van der Waals surface area contributed by atoms with Crippen LogP contribution in [0.2, 0.25) is 0 Å². The van der Waals surface area contributed by atoms with Gasteiger partial charge in [0.05, 0.1) is 22.2 Å². The van der Waals surface area contributed by atoms with E-state index in [4.69, 9.17) is 15.7 Å². The molecule has 0 aromatic heterocycles. The monoisotopic (exact) mass is 288 g/mol. The van der Waals surface area contributed by atoms with Crippen LogP contribution < -0.4 is 10.5 Å². The van der Waals surface area contributed by atoms with Crippen LogP contribution >= 0.6 is 0 Å². The Morgan fingerprint density at radius 3 is 2.55 bits per heavy atom. The van der Waals surface area contributed by atoms with Gasteiger partial charge in [-0.1, -0.05) is 6.07 Å². The van der Waals surface area contributed by atoms with Gasteiger partial charge in [0, 0.05) is 6.26 Å². The van der Waals surface area contributed by atoms with E-state index < -0.39 is 9.84 Å². The Bertz CT molecular complexity index is 792. The fourth-order valence-corrected chi connectivity index (χ4v) is 2.26. The van der Waals surface area contributed by atoms with E-state index in [0.717, 1.165) is 6.26 Å². The molecule has 0 atom stereocenters. The number of ether oxygens (including phenoxy) is 1. The van der Waals surface area contributed by atoms with Gasteiger partial charge in [0.2, 0.25) is 0 Å². The Hall–Kier alpha value is -2.52. The lowest BCUT2D eigenvalue weighted by Gasteiger charge is -2.09. The summed E-state index contributed by atoms with van der Waals surface area (Å²) in [5, 5.41) is 8.76. The Kier molecular flexibility index (Phi) is 3.63.